The zero-order valence-electron chi connectivity index (χ0n) is 53.9. The number of ether oxygens (including phenoxy) is 4. The number of allylic oxidation sites excluding steroid dienone is 2. The first-order valence-corrected chi connectivity index (χ1v) is 34.4. The molecule has 10 aliphatic rings. The van der Waals surface area contributed by atoms with E-state index in [0.717, 1.165) is 95.7 Å². The summed E-state index contributed by atoms with van der Waals surface area (Å²) < 4.78 is 23.0. The van der Waals surface area contributed by atoms with Crippen molar-refractivity contribution in [3.8, 4) is 0 Å². The van der Waals surface area contributed by atoms with Gasteiger partial charge in [-0.2, -0.15) is 0 Å². The van der Waals surface area contributed by atoms with Crippen molar-refractivity contribution in [2.45, 2.75) is 223 Å². The topological polar surface area (TPSA) is 146 Å². The summed E-state index contributed by atoms with van der Waals surface area (Å²) >= 11 is 0. The van der Waals surface area contributed by atoms with Crippen molar-refractivity contribution < 1.29 is 47.7 Å². The van der Waals surface area contributed by atoms with Crippen LogP contribution in [0.4, 0.5) is 9.59 Å². The molecule has 0 radical (unpaired) electrons. The van der Waals surface area contributed by atoms with Gasteiger partial charge in [0.25, 0.3) is 23.6 Å². The Morgan fingerprint density at radius 2 is 0.860 bits per heavy atom. The normalized spacial score (nSPS) is 35.9. The summed E-state index contributed by atoms with van der Waals surface area (Å²) in [6.07, 6.45) is 28.5. The number of hydrogen-bond acceptors (Lipinski definition) is 10. The van der Waals surface area contributed by atoms with Gasteiger partial charge in [-0.3, -0.25) is 29.0 Å². The molecule has 2 aliphatic heterocycles. The highest BCUT2D eigenvalue weighted by Gasteiger charge is 2.61. The van der Waals surface area contributed by atoms with Crippen molar-refractivity contribution in [2.75, 3.05) is 26.3 Å². The van der Waals surface area contributed by atoms with Crippen molar-refractivity contribution in [3.05, 3.63) is 69.8 Å². The van der Waals surface area contributed by atoms with E-state index >= 15 is 0 Å². The van der Waals surface area contributed by atoms with E-state index < -0.39 is 35.9 Å². The molecular formula is C74H102N2O10. The van der Waals surface area contributed by atoms with Gasteiger partial charge in [-0.15, -0.1) is 0 Å². The molecule has 0 bridgehead atoms. The van der Waals surface area contributed by atoms with Crippen LogP contribution in [-0.4, -0.2) is 84.3 Å². The van der Waals surface area contributed by atoms with E-state index in [2.05, 4.69) is 81.4 Å². The van der Waals surface area contributed by atoms with E-state index in [1.54, 1.807) is 0 Å². The Labute approximate surface area is 513 Å². The van der Waals surface area contributed by atoms with E-state index in [0.29, 0.717) is 47.3 Å². The summed E-state index contributed by atoms with van der Waals surface area (Å²) in [5.41, 5.74) is 4.60. The largest absolute Gasteiger partial charge is 0.508 e. The van der Waals surface area contributed by atoms with Gasteiger partial charge in [0.2, 0.25) is 0 Å². The molecule has 0 N–H and O–H groups in total. The lowest BCUT2D eigenvalue weighted by atomic mass is 9.47. The van der Waals surface area contributed by atoms with E-state index in [-0.39, 0.29) is 82.4 Å². The van der Waals surface area contributed by atoms with E-state index in [9.17, 15) is 28.8 Å². The van der Waals surface area contributed by atoms with Gasteiger partial charge in [0.15, 0.2) is 0 Å². The molecule has 0 spiro atoms. The molecule has 86 heavy (non-hydrogen) atoms. The SMILES string of the molecule is CC(C)CCC[C@@H](C)[C@H]1CC[C@H]2[C@@H]3CC=C4C[C@@H](OC(=O)OCCN5C(=O)c6ccc7c8c(ccc(c68)C5=O)C(=O)N(CCOC(=O)O[C@H]5CC[C@@]6(C)C(=CC[C@H]8[C@@H]9CC[C@H]([C@H](C)CCCC(C)C)[C@@]9(C)CC[C@@H]86)C5)C7=O)CC[C@]4(C)[C@H]3CC[C@]12C. The van der Waals surface area contributed by atoms with Gasteiger partial charge in [-0.1, -0.05) is 131 Å². The second kappa shape index (κ2) is 23.7. The summed E-state index contributed by atoms with van der Waals surface area (Å²) in [6, 6.07) is 6.04. The molecule has 4 amide bonds. The Kier molecular flexibility index (Phi) is 16.9. The fourth-order valence-corrected chi connectivity index (χ4v) is 21.7. The molecule has 12 rings (SSSR count). The first kappa shape index (κ1) is 61.2. The van der Waals surface area contributed by atoms with Crippen LogP contribution >= 0.6 is 0 Å². The quantitative estimate of drug-likeness (QED) is 0.0803. The van der Waals surface area contributed by atoms with Crippen LogP contribution in [-0.2, 0) is 18.9 Å². The smallest absolute Gasteiger partial charge is 0.432 e. The molecule has 2 aromatic rings. The maximum atomic E-state index is 14.1. The number of nitrogens with zero attached hydrogens (tertiary/aromatic N) is 2. The lowest BCUT2D eigenvalue weighted by molar-refractivity contribution is -0.0618. The zero-order valence-corrected chi connectivity index (χ0v) is 53.9. The predicted octanol–water partition coefficient (Wildman–Crippen LogP) is 17.2. The summed E-state index contributed by atoms with van der Waals surface area (Å²) in [6.45, 7) is 23.7. The number of hydrogen-bond donors (Lipinski definition) is 0. The minimum Gasteiger partial charge on any atom is -0.432 e. The lowest BCUT2D eigenvalue weighted by Gasteiger charge is -2.58. The molecule has 2 heterocycles. The van der Waals surface area contributed by atoms with Crippen LogP contribution < -0.4 is 0 Å². The minimum absolute atomic E-state index is 0.107. The molecular weight excluding hydrogens is 1080 g/mol. The van der Waals surface area contributed by atoms with Crippen LogP contribution in [0.15, 0.2) is 47.6 Å². The summed E-state index contributed by atoms with van der Waals surface area (Å²) in [5, 5.41) is 0.493. The van der Waals surface area contributed by atoms with Crippen LogP contribution in [0.1, 0.15) is 252 Å². The molecule has 468 valence electrons. The van der Waals surface area contributed by atoms with E-state index in [4.69, 9.17) is 18.9 Å². The molecule has 2 aromatic carbocycles. The van der Waals surface area contributed by atoms with E-state index in [1.165, 1.54) is 125 Å². The average Bonchev–Trinajstić information content (AvgIpc) is 1.13. The monoisotopic (exact) mass is 1180 g/mol. The number of imide groups is 2. The van der Waals surface area contributed by atoms with Crippen molar-refractivity contribution in [1.29, 1.82) is 0 Å². The third-order valence-corrected chi connectivity index (χ3v) is 26.2. The highest BCUT2D eigenvalue weighted by Crippen LogP contribution is 2.69. The number of fused-ring (bicyclic) bond motifs is 10. The number of carbonyl (C=O) groups is 6. The molecule has 0 aromatic heterocycles. The molecule has 12 heteroatoms. The van der Waals surface area contributed by atoms with Gasteiger partial charge < -0.3 is 18.9 Å². The lowest BCUT2D eigenvalue weighted by Crippen LogP contribution is -2.51. The molecule has 8 aliphatic carbocycles. The van der Waals surface area contributed by atoms with Crippen LogP contribution in [0.3, 0.4) is 0 Å². The van der Waals surface area contributed by atoms with E-state index in [1.807, 2.05) is 0 Å². The predicted molar refractivity (Wildman–Crippen MR) is 333 cm³/mol. The van der Waals surface area contributed by atoms with Crippen LogP contribution in [0.2, 0.25) is 0 Å². The third kappa shape index (κ3) is 10.6. The van der Waals surface area contributed by atoms with Crippen LogP contribution in [0.5, 0.6) is 0 Å². The van der Waals surface area contributed by atoms with Crippen molar-refractivity contribution in [2.24, 2.45) is 92.7 Å². The minimum atomic E-state index is -0.812. The van der Waals surface area contributed by atoms with Crippen LogP contribution in [0, 0.1) is 92.7 Å². The number of amides is 4. The summed E-state index contributed by atoms with van der Waals surface area (Å²) in [4.78, 5) is 85.0. The summed E-state index contributed by atoms with van der Waals surface area (Å²) in [7, 11) is 0. The van der Waals surface area contributed by atoms with Crippen LogP contribution in [0.25, 0.3) is 10.8 Å². The Morgan fingerprint density at radius 1 is 0.488 bits per heavy atom. The average molecular weight is 1180 g/mol. The maximum absolute atomic E-state index is 14.1. The fraction of sp³-hybridized carbons (Fsp3) is 0.730. The standard InChI is InChI=1S/C74H102N2O10/c1-43(2)13-11-15-45(5)57-25-27-59-51-19-17-47-41-49(29-33-71(47,7)61(51)31-35-73(57,59)9)85-69(81)83-39-37-75-65(77)53-21-23-55-64-56(24-22-54(63(53)64)66(75)78)68(80)76(67(55)79)38-40-84-70(82)86-50-30-34-72(8)48(42-50)18-20-52-60-28-26-58(46(6)16-12-14-44(3)4)74(60,10)36-32-62(52)72/h17-18,21-24,43-46,49-52,57-62H,11-16,19-20,25-42H2,1-10H3/t45-,46-,49+,50+,51+,52+,57-,58-,59+,60+,61+,62+,71+,72+,73-,74-/m1/s1. The number of carbonyl (C=O) groups excluding carboxylic acids is 6. The van der Waals surface area contributed by atoms with Crippen molar-refractivity contribution >= 4 is 46.7 Å². The zero-order chi connectivity index (χ0) is 60.8. The number of benzene rings is 2. The third-order valence-electron chi connectivity index (χ3n) is 26.2. The molecule has 6 saturated carbocycles. The van der Waals surface area contributed by atoms with Gasteiger partial charge in [-0.05, 0) is 207 Å². The van der Waals surface area contributed by atoms with Gasteiger partial charge in [0, 0.05) is 45.9 Å². The summed E-state index contributed by atoms with van der Waals surface area (Å²) in [5.74, 6) is 6.56. The first-order valence-electron chi connectivity index (χ1n) is 34.4. The highest BCUT2D eigenvalue weighted by atomic mass is 16.7. The Balaban J connectivity index is 0.605. The van der Waals surface area contributed by atoms with Gasteiger partial charge in [0.1, 0.15) is 25.4 Å². The molecule has 12 nitrogen and oxygen atoms in total. The second-order valence-corrected chi connectivity index (χ2v) is 31.3. The first-order chi connectivity index (χ1) is 41.0. The van der Waals surface area contributed by atoms with Gasteiger partial charge >= 0.3 is 12.3 Å². The molecule has 6 fully saturated rings. The second-order valence-electron chi connectivity index (χ2n) is 31.3. The Hall–Kier alpha value is -5.00. The Bertz CT molecular complexity index is 2800. The van der Waals surface area contributed by atoms with Gasteiger partial charge in [0.05, 0.1) is 13.1 Å². The molecule has 0 saturated heterocycles. The van der Waals surface area contributed by atoms with Crippen molar-refractivity contribution in [1.82, 2.24) is 9.80 Å². The fourth-order valence-electron chi connectivity index (χ4n) is 21.7. The molecule has 0 unspecified atom stereocenters. The van der Waals surface area contributed by atoms with Crippen molar-refractivity contribution in [3.63, 3.8) is 0 Å². The highest BCUT2D eigenvalue weighted by molar-refractivity contribution is 6.33. The molecule has 16 atom stereocenters. The van der Waals surface area contributed by atoms with Gasteiger partial charge in [-0.25, -0.2) is 9.59 Å². The number of rotatable bonds is 18. The Morgan fingerprint density at radius 3 is 1.22 bits per heavy atom. The maximum Gasteiger partial charge on any atom is 0.508 e.